The number of nitrogens with zero attached hydrogens (tertiary/aromatic N) is 2. The van der Waals surface area contributed by atoms with E-state index in [4.69, 9.17) is 4.74 Å². The minimum Gasteiger partial charge on any atom is -0.497 e. The monoisotopic (exact) mass is 274 g/mol. The topological polar surface area (TPSA) is 93.7 Å². The second-order valence-corrected chi connectivity index (χ2v) is 4.27. The molecule has 1 heterocycles. The van der Waals surface area contributed by atoms with Crippen molar-refractivity contribution in [2.75, 3.05) is 7.11 Å². The van der Waals surface area contributed by atoms with Crippen molar-refractivity contribution in [3.63, 3.8) is 0 Å². The molecule has 0 spiro atoms. The number of hydrogen-bond acceptors (Lipinski definition) is 5. The van der Waals surface area contributed by atoms with Crippen LogP contribution in [0.5, 0.6) is 5.75 Å². The van der Waals surface area contributed by atoms with Crippen LogP contribution < -0.4 is 15.6 Å². The van der Waals surface area contributed by atoms with E-state index in [0.29, 0.717) is 5.75 Å². The Morgan fingerprint density at radius 3 is 2.00 bits per heavy atom. The van der Waals surface area contributed by atoms with Gasteiger partial charge in [-0.05, 0) is 12.1 Å². The highest BCUT2D eigenvalue weighted by atomic mass is 16.5. The molecule has 0 saturated heterocycles. The SMILES string of the molecule is COc1ccc2c(c1)n(O)c1cc(=O)c(=O)cc-1n2O. The van der Waals surface area contributed by atoms with Gasteiger partial charge in [-0.15, -0.1) is 0 Å². The Hall–Kier alpha value is -2.96. The second kappa shape index (κ2) is 4.02. The third-order valence-electron chi connectivity index (χ3n) is 3.14. The second-order valence-electron chi connectivity index (χ2n) is 4.27. The first-order valence-corrected chi connectivity index (χ1v) is 5.71. The van der Waals surface area contributed by atoms with Gasteiger partial charge in [0.1, 0.15) is 28.2 Å². The fourth-order valence-electron chi connectivity index (χ4n) is 2.12. The van der Waals surface area contributed by atoms with Gasteiger partial charge in [-0.1, -0.05) is 0 Å². The lowest BCUT2D eigenvalue weighted by molar-refractivity contribution is 0.176. The van der Waals surface area contributed by atoms with Crippen LogP contribution in [0.15, 0.2) is 39.9 Å². The van der Waals surface area contributed by atoms with E-state index < -0.39 is 10.9 Å². The molecule has 102 valence electrons. The Bertz CT molecular complexity index is 909. The molecule has 0 bridgehead atoms. The maximum absolute atomic E-state index is 11.4. The molecule has 1 aliphatic heterocycles. The van der Waals surface area contributed by atoms with E-state index in [1.807, 2.05) is 0 Å². The van der Waals surface area contributed by atoms with Gasteiger partial charge in [-0.3, -0.25) is 9.59 Å². The van der Waals surface area contributed by atoms with Gasteiger partial charge in [0.15, 0.2) is 0 Å². The van der Waals surface area contributed by atoms with Crippen LogP contribution in [0, 0.1) is 0 Å². The van der Waals surface area contributed by atoms with Gasteiger partial charge < -0.3 is 15.2 Å². The summed E-state index contributed by atoms with van der Waals surface area (Å²) in [6.07, 6.45) is 0. The molecule has 0 atom stereocenters. The third kappa shape index (κ3) is 1.53. The summed E-state index contributed by atoms with van der Waals surface area (Å²) in [6.45, 7) is 0. The van der Waals surface area contributed by atoms with Gasteiger partial charge in [0.05, 0.1) is 7.11 Å². The van der Waals surface area contributed by atoms with Crippen LogP contribution >= 0.6 is 0 Å². The molecule has 7 heteroatoms. The Morgan fingerprint density at radius 2 is 1.45 bits per heavy atom. The van der Waals surface area contributed by atoms with Crippen molar-refractivity contribution in [2.24, 2.45) is 0 Å². The number of methoxy groups -OCH3 is 1. The van der Waals surface area contributed by atoms with Crippen LogP contribution in [-0.4, -0.2) is 27.0 Å². The summed E-state index contributed by atoms with van der Waals surface area (Å²) in [7, 11) is 1.47. The zero-order chi connectivity index (χ0) is 14.4. The molecule has 0 amide bonds. The summed E-state index contributed by atoms with van der Waals surface area (Å²) in [6, 6.07) is 6.57. The molecule has 0 fully saturated rings. The fraction of sp³-hybridized carbons (Fsp3) is 0.0769. The number of rotatable bonds is 1. The maximum atomic E-state index is 11.4. The van der Waals surface area contributed by atoms with E-state index in [1.165, 1.54) is 19.2 Å². The number of hydrogen-bond donors (Lipinski definition) is 2. The highest BCUT2D eigenvalue weighted by molar-refractivity contribution is 5.81. The predicted octanol–water partition coefficient (Wildman–Crippen LogP) is 0.751. The lowest BCUT2D eigenvalue weighted by Gasteiger charge is -2.17. The summed E-state index contributed by atoms with van der Waals surface area (Å²) in [5, 5.41) is 20.3. The number of fused-ring (bicyclic) bond motifs is 2. The molecular formula is C13H10N2O5. The van der Waals surface area contributed by atoms with Gasteiger partial charge in [0.2, 0.25) is 10.9 Å². The first-order valence-electron chi connectivity index (χ1n) is 5.71. The molecule has 2 N–H and O–H groups in total. The standard InChI is InChI=1S/C13H10N2O5/c1-20-7-2-3-8-9(4-7)15(19)11-6-13(17)12(16)5-10(11)14(8)18/h2-6,18-19H,1H3. The normalized spacial score (nSPS) is 11.1. The van der Waals surface area contributed by atoms with Crippen molar-refractivity contribution in [3.8, 4) is 17.1 Å². The zero-order valence-electron chi connectivity index (χ0n) is 10.4. The molecule has 0 saturated carbocycles. The van der Waals surface area contributed by atoms with Crippen LogP contribution in [-0.2, 0) is 0 Å². The first-order chi connectivity index (χ1) is 9.52. The molecule has 0 radical (unpaired) electrons. The molecule has 7 nitrogen and oxygen atoms in total. The van der Waals surface area contributed by atoms with Gasteiger partial charge in [0, 0.05) is 18.2 Å². The highest BCUT2D eigenvalue weighted by Gasteiger charge is 2.18. The summed E-state index contributed by atoms with van der Waals surface area (Å²) >= 11 is 0. The fourth-order valence-corrected chi connectivity index (χ4v) is 2.12. The zero-order valence-corrected chi connectivity index (χ0v) is 10.4. The molecule has 1 aliphatic carbocycles. The van der Waals surface area contributed by atoms with Crippen molar-refractivity contribution < 1.29 is 15.2 Å². The van der Waals surface area contributed by atoms with Crippen LogP contribution in [0.4, 0.5) is 0 Å². The average Bonchev–Trinajstić information content (AvgIpc) is 2.46. The Labute approximate surface area is 111 Å². The molecule has 0 unspecified atom stereocenters. The van der Waals surface area contributed by atoms with E-state index in [9.17, 15) is 20.0 Å². The van der Waals surface area contributed by atoms with E-state index in [-0.39, 0.29) is 22.4 Å². The molecule has 1 aromatic rings. The quantitative estimate of drug-likeness (QED) is 0.388. The van der Waals surface area contributed by atoms with Gasteiger partial charge in [-0.2, -0.15) is 9.46 Å². The van der Waals surface area contributed by atoms with Gasteiger partial charge >= 0.3 is 0 Å². The van der Waals surface area contributed by atoms with E-state index in [2.05, 4.69) is 0 Å². The number of aromatic nitrogens is 2. The van der Waals surface area contributed by atoms with Crippen LogP contribution in [0.2, 0.25) is 0 Å². The smallest absolute Gasteiger partial charge is 0.228 e. The van der Waals surface area contributed by atoms with Crippen LogP contribution in [0.25, 0.3) is 22.4 Å². The Balaban J connectivity index is 2.58. The average molecular weight is 274 g/mol. The third-order valence-corrected chi connectivity index (χ3v) is 3.14. The lowest BCUT2D eigenvalue weighted by atomic mass is 10.1. The summed E-state index contributed by atoms with van der Waals surface area (Å²) in [5.74, 6) is 0.474. The van der Waals surface area contributed by atoms with Crippen molar-refractivity contribution in [1.82, 2.24) is 9.46 Å². The van der Waals surface area contributed by atoms with E-state index in [1.54, 1.807) is 6.07 Å². The molecular weight excluding hydrogens is 264 g/mol. The highest BCUT2D eigenvalue weighted by Crippen LogP contribution is 2.27. The van der Waals surface area contributed by atoms with E-state index >= 15 is 0 Å². The van der Waals surface area contributed by atoms with E-state index in [0.717, 1.165) is 21.6 Å². The van der Waals surface area contributed by atoms with Crippen molar-refractivity contribution >= 4 is 11.0 Å². The molecule has 20 heavy (non-hydrogen) atoms. The lowest BCUT2D eigenvalue weighted by Crippen LogP contribution is -2.25. The van der Waals surface area contributed by atoms with Crippen LogP contribution in [0.1, 0.15) is 0 Å². The molecule has 2 aliphatic rings. The minimum absolute atomic E-state index is 0.0258. The van der Waals surface area contributed by atoms with Crippen molar-refractivity contribution in [1.29, 1.82) is 0 Å². The van der Waals surface area contributed by atoms with Crippen molar-refractivity contribution in [3.05, 3.63) is 50.8 Å². The largest absolute Gasteiger partial charge is 0.497 e. The summed E-state index contributed by atoms with van der Waals surface area (Å²) in [4.78, 5) is 22.8. The predicted molar refractivity (Wildman–Crippen MR) is 70.0 cm³/mol. The molecule has 0 aromatic heterocycles. The van der Waals surface area contributed by atoms with Gasteiger partial charge in [0.25, 0.3) is 0 Å². The molecule has 3 rings (SSSR count). The summed E-state index contributed by atoms with van der Waals surface area (Å²) in [5.41, 5.74) is -0.959. The maximum Gasteiger partial charge on any atom is 0.228 e. The minimum atomic E-state index is -0.762. The summed E-state index contributed by atoms with van der Waals surface area (Å²) < 4.78 is 6.53. The Kier molecular flexibility index (Phi) is 2.43. The van der Waals surface area contributed by atoms with Crippen LogP contribution in [0.3, 0.4) is 0 Å². The first kappa shape index (κ1) is 12.1. The number of ether oxygens (including phenoxy) is 1. The van der Waals surface area contributed by atoms with Crippen molar-refractivity contribution in [2.45, 2.75) is 0 Å². The number of benzene rings is 2. The van der Waals surface area contributed by atoms with Gasteiger partial charge in [-0.25, -0.2) is 0 Å². The molecule has 1 aromatic carbocycles. The Morgan fingerprint density at radius 1 is 0.900 bits per heavy atom.